The molecule has 0 aliphatic heterocycles. The number of amides is 1. The van der Waals surface area contributed by atoms with Crippen molar-refractivity contribution in [3.05, 3.63) is 16.2 Å². The SMILES string of the molecule is COC(=O)Oc1nc(Cl)cc(NC(C)=O)c1Cl. The summed E-state index contributed by atoms with van der Waals surface area (Å²) in [4.78, 5) is 25.5. The van der Waals surface area contributed by atoms with E-state index in [9.17, 15) is 9.59 Å². The molecule has 0 saturated carbocycles. The number of nitrogens with zero attached hydrogens (tertiary/aromatic N) is 1. The van der Waals surface area contributed by atoms with Crippen LogP contribution in [0, 0.1) is 0 Å². The van der Waals surface area contributed by atoms with Crippen LogP contribution in [0.5, 0.6) is 5.88 Å². The summed E-state index contributed by atoms with van der Waals surface area (Å²) in [6, 6.07) is 1.33. The normalized spacial score (nSPS) is 9.65. The molecule has 17 heavy (non-hydrogen) atoms. The van der Waals surface area contributed by atoms with Crippen molar-refractivity contribution in [2.45, 2.75) is 6.92 Å². The van der Waals surface area contributed by atoms with Crippen LogP contribution in [-0.2, 0) is 9.53 Å². The lowest BCUT2D eigenvalue weighted by Crippen LogP contribution is -2.11. The summed E-state index contributed by atoms with van der Waals surface area (Å²) in [7, 11) is 1.13. The number of aromatic nitrogens is 1. The number of pyridine rings is 1. The smallest absolute Gasteiger partial charge is 0.437 e. The van der Waals surface area contributed by atoms with Gasteiger partial charge in [-0.1, -0.05) is 23.2 Å². The van der Waals surface area contributed by atoms with Crippen LogP contribution in [0.1, 0.15) is 6.92 Å². The topological polar surface area (TPSA) is 77.5 Å². The third-order valence-corrected chi connectivity index (χ3v) is 2.11. The van der Waals surface area contributed by atoms with Gasteiger partial charge in [0.05, 0.1) is 12.8 Å². The number of methoxy groups -OCH3 is 1. The first-order chi connectivity index (χ1) is 7.93. The van der Waals surface area contributed by atoms with Crippen LogP contribution in [-0.4, -0.2) is 24.2 Å². The van der Waals surface area contributed by atoms with Gasteiger partial charge < -0.3 is 14.8 Å². The molecule has 0 aliphatic rings. The van der Waals surface area contributed by atoms with Crippen LogP contribution < -0.4 is 10.1 Å². The molecule has 0 aromatic carbocycles. The Labute approximate surface area is 107 Å². The van der Waals surface area contributed by atoms with Gasteiger partial charge in [0.2, 0.25) is 11.8 Å². The highest BCUT2D eigenvalue weighted by Gasteiger charge is 2.16. The van der Waals surface area contributed by atoms with E-state index >= 15 is 0 Å². The van der Waals surface area contributed by atoms with Gasteiger partial charge in [0.15, 0.2) is 0 Å². The zero-order valence-electron chi connectivity index (χ0n) is 8.91. The lowest BCUT2D eigenvalue weighted by Gasteiger charge is -2.09. The molecule has 6 nitrogen and oxygen atoms in total. The first-order valence-electron chi connectivity index (χ1n) is 4.33. The molecule has 0 fully saturated rings. The number of rotatable bonds is 2. The highest BCUT2D eigenvalue weighted by atomic mass is 35.5. The molecular weight excluding hydrogens is 271 g/mol. The highest BCUT2D eigenvalue weighted by molar-refractivity contribution is 6.36. The predicted octanol–water partition coefficient (Wildman–Crippen LogP) is 2.49. The van der Waals surface area contributed by atoms with E-state index in [1.54, 1.807) is 0 Å². The molecule has 0 bridgehead atoms. The number of ether oxygens (including phenoxy) is 2. The van der Waals surface area contributed by atoms with Gasteiger partial charge in [-0.3, -0.25) is 4.79 Å². The zero-order valence-corrected chi connectivity index (χ0v) is 10.4. The molecule has 0 aliphatic carbocycles. The Morgan fingerprint density at radius 1 is 1.41 bits per heavy atom. The Morgan fingerprint density at radius 2 is 2.06 bits per heavy atom. The summed E-state index contributed by atoms with van der Waals surface area (Å²) >= 11 is 11.5. The standard InChI is InChI=1S/C9H8Cl2N2O4/c1-4(14)12-5-3-6(10)13-8(7(5)11)17-9(15)16-2/h3H,1-2H3,(H,12,13,14). The number of carbonyl (C=O) groups excluding carboxylic acids is 2. The number of anilines is 1. The predicted molar refractivity (Wildman–Crippen MR) is 61.6 cm³/mol. The number of nitrogens with one attached hydrogen (secondary N) is 1. The molecule has 1 heterocycles. The molecular formula is C9H8Cl2N2O4. The minimum absolute atomic E-state index is 0.0112. The van der Waals surface area contributed by atoms with E-state index in [2.05, 4.69) is 19.8 Å². The molecule has 0 atom stereocenters. The molecule has 1 N–H and O–H groups in total. The van der Waals surface area contributed by atoms with Crippen molar-refractivity contribution in [2.24, 2.45) is 0 Å². The molecule has 1 aromatic heterocycles. The molecule has 0 saturated heterocycles. The fraction of sp³-hybridized carbons (Fsp3) is 0.222. The van der Waals surface area contributed by atoms with E-state index in [4.69, 9.17) is 23.2 Å². The second kappa shape index (κ2) is 5.70. The maximum atomic E-state index is 10.9. The van der Waals surface area contributed by atoms with Crippen molar-refractivity contribution < 1.29 is 19.1 Å². The number of hydrogen-bond acceptors (Lipinski definition) is 5. The van der Waals surface area contributed by atoms with E-state index in [0.717, 1.165) is 7.11 Å². The zero-order chi connectivity index (χ0) is 13.0. The average Bonchev–Trinajstić information content (AvgIpc) is 2.23. The van der Waals surface area contributed by atoms with Gasteiger partial charge in [-0.15, -0.1) is 0 Å². The van der Waals surface area contributed by atoms with Crippen LogP contribution >= 0.6 is 23.2 Å². The van der Waals surface area contributed by atoms with E-state index in [-0.39, 0.29) is 27.7 Å². The van der Waals surface area contributed by atoms with Crippen molar-refractivity contribution in [2.75, 3.05) is 12.4 Å². The van der Waals surface area contributed by atoms with Crippen LogP contribution in [0.2, 0.25) is 10.2 Å². The molecule has 0 radical (unpaired) electrons. The third kappa shape index (κ3) is 3.76. The fourth-order valence-corrected chi connectivity index (χ4v) is 1.31. The van der Waals surface area contributed by atoms with Gasteiger partial charge in [-0.25, -0.2) is 4.79 Å². The van der Waals surface area contributed by atoms with Gasteiger partial charge in [-0.05, 0) is 0 Å². The van der Waals surface area contributed by atoms with Gasteiger partial charge in [0.25, 0.3) is 0 Å². The summed E-state index contributed by atoms with van der Waals surface area (Å²) in [5.41, 5.74) is 0.193. The first kappa shape index (κ1) is 13.5. The minimum atomic E-state index is -0.990. The van der Waals surface area contributed by atoms with E-state index < -0.39 is 6.16 Å². The van der Waals surface area contributed by atoms with Gasteiger partial charge in [0, 0.05) is 13.0 Å². The van der Waals surface area contributed by atoms with Gasteiger partial charge in [0.1, 0.15) is 10.2 Å². The number of hydrogen-bond donors (Lipinski definition) is 1. The van der Waals surface area contributed by atoms with Crippen molar-refractivity contribution >= 4 is 41.0 Å². The average molecular weight is 279 g/mol. The van der Waals surface area contributed by atoms with Crippen molar-refractivity contribution in [1.82, 2.24) is 4.98 Å². The Balaban J connectivity index is 3.09. The third-order valence-electron chi connectivity index (χ3n) is 1.55. The Hall–Kier alpha value is -1.53. The van der Waals surface area contributed by atoms with Gasteiger partial charge >= 0.3 is 6.16 Å². The lowest BCUT2D eigenvalue weighted by atomic mass is 10.4. The summed E-state index contributed by atoms with van der Waals surface area (Å²) in [6.07, 6.45) is -0.990. The Kier molecular flexibility index (Phi) is 4.53. The minimum Gasteiger partial charge on any atom is -0.437 e. The van der Waals surface area contributed by atoms with Crippen LogP contribution in [0.25, 0.3) is 0 Å². The largest absolute Gasteiger partial charge is 0.514 e. The second-order valence-corrected chi connectivity index (χ2v) is 3.61. The first-order valence-corrected chi connectivity index (χ1v) is 5.09. The maximum absolute atomic E-state index is 10.9. The summed E-state index contributed by atoms with van der Waals surface area (Å²) < 4.78 is 8.94. The molecule has 0 spiro atoms. The van der Waals surface area contributed by atoms with Crippen molar-refractivity contribution in [3.63, 3.8) is 0 Å². The van der Waals surface area contributed by atoms with Crippen LogP contribution in [0.15, 0.2) is 6.07 Å². The summed E-state index contributed by atoms with van der Waals surface area (Å²) in [5.74, 6) is -0.590. The molecule has 1 aromatic rings. The monoisotopic (exact) mass is 278 g/mol. The van der Waals surface area contributed by atoms with Crippen molar-refractivity contribution in [1.29, 1.82) is 0 Å². The fourth-order valence-electron chi connectivity index (χ4n) is 0.945. The highest BCUT2D eigenvalue weighted by Crippen LogP contribution is 2.33. The second-order valence-electron chi connectivity index (χ2n) is 2.85. The maximum Gasteiger partial charge on any atom is 0.514 e. The molecule has 1 amide bonds. The summed E-state index contributed by atoms with van der Waals surface area (Å²) in [6.45, 7) is 1.30. The lowest BCUT2D eigenvalue weighted by molar-refractivity contribution is -0.114. The van der Waals surface area contributed by atoms with Gasteiger partial charge in [-0.2, -0.15) is 4.98 Å². The van der Waals surface area contributed by atoms with E-state index in [0.29, 0.717) is 0 Å². The Morgan fingerprint density at radius 3 is 2.59 bits per heavy atom. The molecule has 8 heteroatoms. The van der Waals surface area contributed by atoms with Crippen molar-refractivity contribution in [3.8, 4) is 5.88 Å². The molecule has 0 unspecified atom stereocenters. The number of halogens is 2. The molecule has 1 rings (SSSR count). The summed E-state index contributed by atoms with van der Waals surface area (Å²) in [5, 5.41) is 2.38. The van der Waals surface area contributed by atoms with Crippen LogP contribution in [0.3, 0.4) is 0 Å². The Bertz CT molecular complexity index is 465. The van der Waals surface area contributed by atoms with Crippen LogP contribution in [0.4, 0.5) is 10.5 Å². The van der Waals surface area contributed by atoms with E-state index in [1.807, 2.05) is 0 Å². The van der Waals surface area contributed by atoms with E-state index in [1.165, 1.54) is 13.0 Å². The number of carbonyl (C=O) groups is 2. The quantitative estimate of drug-likeness (QED) is 0.664. The molecule has 92 valence electrons.